The molecule has 0 radical (unpaired) electrons. The summed E-state index contributed by atoms with van der Waals surface area (Å²) in [6, 6.07) is 3.86. The highest BCUT2D eigenvalue weighted by molar-refractivity contribution is 5.78. The molecule has 0 unspecified atom stereocenters. The maximum Gasteiger partial charge on any atom is 0.227 e. The summed E-state index contributed by atoms with van der Waals surface area (Å²) in [6.07, 6.45) is 8.89. The number of nitrogens with zero attached hydrogens (tertiary/aromatic N) is 3. The van der Waals surface area contributed by atoms with Crippen molar-refractivity contribution < 1.29 is 9.53 Å². The van der Waals surface area contributed by atoms with Gasteiger partial charge < -0.3 is 14.5 Å². The van der Waals surface area contributed by atoms with E-state index in [-0.39, 0.29) is 11.5 Å². The number of carbonyl (C=O) groups excluding carboxylic acids is 1. The largest absolute Gasteiger partial charge is 0.371 e. The molecule has 4 rings (SSSR count). The van der Waals surface area contributed by atoms with E-state index in [1.165, 1.54) is 19.4 Å². The quantitative estimate of drug-likeness (QED) is 0.844. The van der Waals surface area contributed by atoms with Crippen molar-refractivity contribution >= 4 is 5.91 Å². The maximum absolute atomic E-state index is 12.6. The molecule has 130 valence electrons. The third-order valence-electron chi connectivity index (χ3n) is 5.66. The van der Waals surface area contributed by atoms with Gasteiger partial charge in [0, 0.05) is 45.1 Å². The summed E-state index contributed by atoms with van der Waals surface area (Å²) in [7, 11) is 0. The van der Waals surface area contributed by atoms with Crippen LogP contribution in [0, 0.1) is 5.92 Å². The van der Waals surface area contributed by atoms with E-state index in [0.29, 0.717) is 19.6 Å². The van der Waals surface area contributed by atoms with E-state index >= 15 is 0 Å². The summed E-state index contributed by atoms with van der Waals surface area (Å²) < 4.78 is 6.17. The maximum atomic E-state index is 12.6. The van der Waals surface area contributed by atoms with E-state index in [1.807, 2.05) is 17.0 Å². The number of pyridine rings is 1. The lowest BCUT2D eigenvalue weighted by atomic mass is 9.89. The van der Waals surface area contributed by atoms with Gasteiger partial charge in [0.1, 0.15) is 0 Å². The number of piperidine rings is 1. The standard InChI is InChI=1S/C19H27N3O2/c23-18(12-17-2-1-7-20-13-17)22-10-11-24-19(15-22)5-8-21(9-6-19)14-16-3-4-16/h1-2,7,13,16H,3-6,8-12,14-15H2. The van der Waals surface area contributed by atoms with E-state index < -0.39 is 0 Å². The smallest absolute Gasteiger partial charge is 0.227 e. The fourth-order valence-electron chi connectivity index (χ4n) is 3.96. The molecule has 1 spiro atoms. The Bertz CT molecular complexity index is 565. The van der Waals surface area contributed by atoms with Crippen molar-refractivity contribution in [3.8, 4) is 0 Å². The van der Waals surface area contributed by atoms with Gasteiger partial charge in [-0.3, -0.25) is 9.78 Å². The molecule has 3 aliphatic rings. The number of morpholine rings is 1. The van der Waals surface area contributed by atoms with E-state index in [1.54, 1.807) is 12.4 Å². The van der Waals surface area contributed by atoms with Gasteiger partial charge in [-0.25, -0.2) is 0 Å². The second kappa shape index (κ2) is 6.81. The van der Waals surface area contributed by atoms with Crippen molar-refractivity contribution in [2.45, 2.75) is 37.7 Å². The second-order valence-electron chi connectivity index (χ2n) is 7.63. The van der Waals surface area contributed by atoms with Crippen LogP contribution in [0.2, 0.25) is 0 Å². The number of ether oxygens (including phenoxy) is 1. The number of carbonyl (C=O) groups is 1. The molecule has 1 aromatic rings. The minimum absolute atomic E-state index is 0.108. The number of hydrogen-bond donors (Lipinski definition) is 0. The van der Waals surface area contributed by atoms with Crippen molar-refractivity contribution in [1.82, 2.24) is 14.8 Å². The fraction of sp³-hybridized carbons (Fsp3) is 0.684. The van der Waals surface area contributed by atoms with Crippen LogP contribution in [-0.2, 0) is 16.0 Å². The number of amides is 1. The molecule has 24 heavy (non-hydrogen) atoms. The highest BCUT2D eigenvalue weighted by Gasteiger charge is 2.41. The summed E-state index contributed by atoms with van der Waals surface area (Å²) in [6.45, 7) is 5.62. The molecule has 5 nitrogen and oxygen atoms in total. The Morgan fingerprint density at radius 1 is 1.29 bits per heavy atom. The monoisotopic (exact) mass is 329 g/mol. The zero-order valence-corrected chi connectivity index (χ0v) is 14.3. The van der Waals surface area contributed by atoms with E-state index in [9.17, 15) is 4.79 Å². The van der Waals surface area contributed by atoms with Gasteiger partial charge in [-0.05, 0) is 43.2 Å². The zero-order valence-electron chi connectivity index (χ0n) is 14.3. The molecule has 3 heterocycles. The molecule has 0 N–H and O–H groups in total. The summed E-state index contributed by atoms with van der Waals surface area (Å²) in [4.78, 5) is 21.3. The van der Waals surface area contributed by atoms with Gasteiger partial charge in [0.05, 0.1) is 18.6 Å². The van der Waals surface area contributed by atoms with Gasteiger partial charge in [0.25, 0.3) is 0 Å². The lowest BCUT2D eigenvalue weighted by Crippen LogP contribution is -2.58. The molecule has 1 amide bonds. The molecule has 0 bridgehead atoms. The molecule has 1 aromatic heterocycles. The SMILES string of the molecule is O=C(Cc1cccnc1)N1CCOC2(CCN(CC3CC3)CC2)C1. The number of hydrogen-bond acceptors (Lipinski definition) is 4. The number of aromatic nitrogens is 1. The Morgan fingerprint density at radius 3 is 2.83 bits per heavy atom. The van der Waals surface area contributed by atoms with Crippen LogP contribution in [0.5, 0.6) is 0 Å². The molecule has 1 saturated carbocycles. The van der Waals surface area contributed by atoms with Crippen LogP contribution in [0.15, 0.2) is 24.5 Å². The minimum Gasteiger partial charge on any atom is -0.371 e. The lowest BCUT2D eigenvalue weighted by Gasteiger charge is -2.47. The van der Waals surface area contributed by atoms with Crippen molar-refractivity contribution in [3.05, 3.63) is 30.1 Å². The third kappa shape index (κ3) is 3.78. The number of likely N-dealkylation sites (tertiary alicyclic amines) is 1. The summed E-state index contributed by atoms with van der Waals surface area (Å²) in [5.74, 6) is 1.15. The van der Waals surface area contributed by atoms with Gasteiger partial charge in [-0.1, -0.05) is 6.07 Å². The fourth-order valence-corrected chi connectivity index (χ4v) is 3.96. The Labute approximate surface area is 144 Å². The first-order chi connectivity index (χ1) is 11.7. The molecule has 5 heteroatoms. The average Bonchev–Trinajstić information content (AvgIpc) is 3.42. The number of rotatable bonds is 4. The van der Waals surface area contributed by atoms with Gasteiger partial charge in [0.2, 0.25) is 5.91 Å². The highest BCUT2D eigenvalue weighted by Crippen LogP contribution is 2.34. The van der Waals surface area contributed by atoms with Crippen LogP contribution in [0.3, 0.4) is 0 Å². The van der Waals surface area contributed by atoms with Gasteiger partial charge in [-0.15, -0.1) is 0 Å². The molecule has 3 fully saturated rings. The molecule has 1 aliphatic carbocycles. The predicted octanol–water partition coefficient (Wildman–Crippen LogP) is 1.73. The van der Waals surface area contributed by atoms with Gasteiger partial charge in [-0.2, -0.15) is 0 Å². The van der Waals surface area contributed by atoms with Crippen molar-refractivity contribution in [2.24, 2.45) is 5.92 Å². The molecule has 2 aliphatic heterocycles. The first-order valence-electron chi connectivity index (χ1n) is 9.25. The van der Waals surface area contributed by atoms with Crippen molar-refractivity contribution in [1.29, 1.82) is 0 Å². The van der Waals surface area contributed by atoms with Crippen LogP contribution >= 0.6 is 0 Å². The van der Waals surface area contributed by atoms with Crippen molar-refractivity contribution in [3.63, 3.8) is 0 Å². The topological polar surface area (TPSA) is 45.7 Å². The first-order valence-corrected chi connectivity index (χ1v) is 9.25. The minimum atomic E-state index is -0.108. The lowest BCUT2D eigenvalue weighted by molar-refractivity contribution is -0.159. The molecule has 0 aromatic carbocycles. The van der Waals surface area contributed by atoms with Gasteiger partial charge in [0.15, 0.2) is 0 Å². The third-order valence-corrected chi connectivity index (χ3v) is 5.66. The molecular formula is C19H27N3O2. The second-order valence-corrected chi connectivity index (χ2v) is 7.63. The van der Waals surface area contributed by atoms with Crippen LogP contribution in [0.25, 0.3) is 0 Å². The van der Waals surface area contributed by atoms with Gasteiger partial charge >= 0.3 is 0 Å². The molecule has 0 atom stereocenters. The normalized spacial score (nSPS) is 24.2. The Balaban J connectivity index is 1.32. The first kappa shape index (κ1) is 16.0. The Morgan fingerprint density at radius 2 is 2.12 bits per heavy atom. The van der Waals surface area contributed by atoms with E-state index in [2.05, 4.69) is 9.88 Å². The molecule has 2 saturated heterocycles. The highest BCUT2D eigenvalue weighted by atomic mass is 16.5. The Hall–Kier alpha value is -1.46. The summed E-state index contributed by atoms with van der Waals surface area (Å²) in [5, 5.41) is 0. The average molecular weight is 329 g/mol. The van der Waals surface area contributed by atoms with Crippen molar-refractivity contribution in [2.75, 3.05) is 39.3 Å². The summed E-state index contributed by atoms with van der Waals surface area (Å²) in [5.41, 5.74) is 0.880. The Kier molecular flexibility index (Phi) is 4.55. The predicted molar refractivity (Wildman–Crippen MR) is 91.6 cm³/mol. The van der Waals surface area contributed by atoms with Crippen LogP contribution in [-0.4, -0.2) is 65.6 Å². The van der Waals surface area contributed by atoms with E-state index in [4.69, 9.17) is 4.74 Å². The van der Waals surface area contributed by atoms with Crippen LogP contribution in [0.1, 0.15) is 31.2 Å². The molecular weight excluding hydrogens is 302 g/mol. The van der Waals surface area contributed by atoms with Crippen LogP contribution in [0.4, 0.5) is 0 Å². The van der Waals surface area contributed by atoms with Crippen LogP contribution < -0.4 is 0 Å². The van der Waals surface area contributed by atoms with E-state index in [0.717, 1.165) is 44.0 Å². The zero-order chi connectivity index (χ0) is 16.4. The summed E-state index contributed by atoms with van der Waals surface area (Å²) >= 11 is 0.